The molecule has 1 aromatic rings. The Balaban J connectivity index is 2.71. The Morgan fingerprint density at radius 1 is 1.57 bits per heavy atom. The van der Waals surface area contributed by atoms with E-state index < -0.39 is 0 Å². The molecule has 0 radical (unpaired) electrons. The molecule has 0 aliphatic carbocycles. The fourth-order valence-corrected chi connectivity index (χ4v) is 1.61. The molecule has 2 atom stereocenters. The van der Waals surface area contributed by atoms with E-state index >= 15 is 0 Å². The number of nitrogens with zero attached hydrogens (tertiary/aromatic N) is 1. The molecular weight excluding hydrogens is 176 g/mol. The number of aromatic nitrogens is 1. The van der Waals surface area contributed by atoms with Gasteiger partial charge in [-0.2, -0.15) is 0 Å². The molecule has 1 aromatic heterocycles. The molecule has 3 N–H and O–H groups in total. The first-order valence-corrected chi connectivity index (χ1v) is 5.07. The summed E-state index contributed by atoms with van der Waals surface area (Å²) < 4.78 is 0. The lowest BCUT2D eigenvalue weighted by atomic mass is 9.92. The van der Waals surface area contributed by atoms with Crippen molar-refractivity contribution in [3.63, 3.8) is 0 Å². The van der Waals surface area contributed by atoms with E-state index in [0.29, 0.717) is 6.54 Å². The maximum atomic E-state index is 9.85. The summed E-state index contributed by atoms with van der Waals surface area (Å²) in [5, 5.41) is 9.85. The van der Waals surface area contributed by atoms with E-state index in [4.69, 9.17) is 5.73 Å². The van der Waals surface area contributed by atoms with Gasteiger partial charge in [-0.3, -0.25) is 4.98 Å². The van der Waals surface area contributed by atoms with Gasteiger partial charge in [-0.15, -0.1) is 0 Å². The monoisotopic (exact) mass is 194 g/mol. The van der Waals surface area contributed by atoms with E-state index in [1.807, 2.05) is 12.1 Å². The first kappa shape index (κ1) is 11.1. The number of pyridine rings is 1. The van der Waals surface area contributed by atoms with Gasteiger partial charge in [0.05, 0.1) is 6.10 Å². The van der Waals surface area contributed by atoms with Crippen molar-refractivity contribution in [2.75, 3.05) is 6.54 Å². The molecule has 1 rings (SSSR count). The van der Waals surface area contributed by atoms with Crippen LogP contribution >= 0.6 is 0 Å². The molecular formula is C11H18N2O. The van der Waals surface area contributed by atoms with Crippen LogP contribution in [0.4, 0.5) is 0 Å². The number of aliphatic hydroxyl groups is 1. The van der Waals surface area contributed by atoms with Crippen LogP contribution in [0.5, 0.6) is 0 Å². The molecule has 14 heavy (non-hydrogen) atoms. The summed E-state index contributed by atoms with van der Waals surface area (Å²) in [5.41, 5.74) is 6.67. The third-order valence-corrected chi connectivity index (χ3v) is 2.42. The van der Waals surface area contributed by atoms with Crippen LogP contribution in [-0.4, -0.2) is 22.7 Å². The van der Waals surface area contributed by atoms with E-state index in [0.717, 1.165) is 18.4 Å². The van der Waals surface area contributed by atoms with Crippen molar-refractivity contribution in [1.29, 1.82) is 0 Å². The SMILES string of the molecule is CCCC(O)C(CN)c1cccnc1. The molecule has 78 valence electrons. The molecule has 3 heteroatoms. The standard InChI is InChI=1S/C11H18N2O/c1-2-4-11(14)10(7-12)9-5-3-6-13-8-9/h3,5-6,8,10-11,14H,2,4,7,12H2,1H3. The largest absolute Gasteiger partial charge is 0.392 e. The van der Waals surface area contributed by atoms with Crippen LogP contribution in [0.1, 0.15) is 31.2 Å². The van der Waals surface area contributed by atoms with E-state index in [1.165, 1.54) is 0 Å². The van der Waals surface area contributed by atoms with Crippen molar-refractivity contribution in [2.24, 2.45) is 5.73 Å². The van der Waals surface area contributed by atoms with Crippen LogP contribution in [0.15, 0.2) is 24.5 Å². The highest BCUT2D eigenvalue weighted by Crippen LogP contribution is 2.20. The highest BCUT2D eigenvalue weighted by atomic mass is 16.3. The van der Waals surface area contributed by atoms with Gasteiger partial charge in [0, 0.05) is 24.9 Å². The summed E-state index contributed by atoms with van der Waals surface area (Å²) in [5.74, 6) is 0.0173. The van der Waals surface area contributed by atoms with Crippen LogP contribution in [-0.2, 0) is 0 Å². The quantitative estimate of drug-likeness (QED) is 0.742. The van der Waals surface area contributed by atoms with E-state index in [1.54, 1.807) is 12.4 Å². The van der Waals surface area contributed by atoms with E-state index in [-0.39, 0.29) is 12.0 Å². The fourth-order valence-electron chi connectivity index (χ4n) is 1.61. The Hall–Kier alpha value is -0.930. The maximum Gasteiger partial charge on any atom is 0.0621 e. The molecule has 0 spiro atoms. The lowest BCUT2D eigenvalue weighted by Gasteiger charge is -2.20. The van der Waals surface area contributed by atoms with Crippen molar-refractivity contribution < 1.29 is 5.11 Å². The second-order valence-electron chi connectivity index (χ2n) is 3.48. The molecule has 1 heterocycles. The van der Waals surface area contributed by atoms with Crippen molar-refractivity contribution in [1.82, 2.24) is 4.98 Å². The maximum absolute atomic E-state index is 9.85. The fraction of sp³-hybridized carbons (Fsp3) is 0.545. The van der Waals surface area contributed by atoms with Gasteiger partial charge < -0.3 is 10.8 Å². The van der Waals surface area contributed by atoms with Gasteiger partial charge in [0.25, 0.3) is 0 Å². The van der Waals surface area contributed by atoms with Gasteiger partial charge in [-0.25, -0.2) is 0 Å². The Kier molecular flexibility index (Phi) is 4.56. The minimum atomic E-state index is -0.353. The molecule has 0 bridgehead atoms. The molecule has 0 aliphatic heterocycles. The lowest BCUT2D eigenvalue weighted by Crippen LogP contribution is -2.25. The topological polar surface area (TPSA) is 59.1 Å². The van der Waals surface area contributed by atoms with Crippen molar-refractivity contribution in [3.05, 3.63) is 30.1 Å². The minimum Gasteiger partial charge on any atom is -0.392 e. The summed E-state index contributed by atoms with van der Waals surface area (Å²) in [6, 6.07) is 3.83. The third-order valence-electron chi connectivity index (χ3n) is 2.42. The van der Waals surface area contributed by atoms with Crippen LogP contribution in [0.25, 0.3) is 0 Å². The second-order valence-corrected chi connectivity index (χ2v) is 3.48. The Morgan fingerprint density at radius 2 is 2.36 bits per heavy atom. The zero-order valence-corrected chi connectivity index (χ0v) is 8.56. The molecule has 0 saturated heterocycles. The molecule has 0 amide bonds. The zero-order valence-electron chi connectivity index (χ0n) is 8.56. The van der Waals surface area contributed by atoms with Gasteiger partial charge in [0.15, 0.2) is 0 Å². The normalized spacial score (nSPS) is 15.1. The van der Waals surface area contributed by atoms with Gasteiger partial charge in [-0.1, -0.05) is 19.4 Å². The van der Waals surface area contributed by atoms with Crippen molar-refractivity contribution in [3.8, 4) is 0 Å². The first-order valence-electron chi connectivity index (χ1n) is 5.07. The predicted molar refractivity (Wildman–Crippen MR) is 56.9 cm³/mol. The van der Waals surface area contributed by atoms with Gasteiger partial charge in [0.1, 0.15) is 0 Å². The number of nitrogens with two attached hydrogens (primary N) is 1. The van der Waals surface area contributed by atoms with Crippen LogP contribution < -0.4 is 5.73 Å². The molecule has 0 fully saturated rings. The van der Waals surface area contributed by atoms with Gasteiger partial charge in [-0.05, 0) is 18.1 Å². The van der Waals surface area contributed by atoms with Crippen LogP contribution in [0.3, 0.4) is 0 Å². The molecule has 2 unspecified atom stereocenters. The molecule has 3 nitrogen and oxygen atoms in total. The highest BCUT2D eigenvalue weighted by Gasteiger charge is 2.18. The Labute approximate surface area is 85.0 Å². The van der Waals surface area contributed by atoms with Crippen molar-refractivity contribution in [2.45, 2.75) is 31.8 Å². The predicted octanol–water partition coefficient (Wildman–Crippen LogP) is 1.28. The second kappa shape index (κ2) is 5.73. The number of hydrogen-bond acceptors (Lipinski definition) is 3. The third kappa shape index (κ3) is 2.79. The van der Waals surface area contributed by atoms with Crippen LogP contribution in [0, 0.1) is 0 Å². The average molecular weight is 194 g/mol. The minimum absolute atomic E-state index is 0.0173. The Bertz CT molecular complexity index is 251. The Morgan fingerprint density at radius 3 is 2.86 bits per heavy atom. The summed E-state index contributed by atoms with van der Waals surface area (Å²) >= 11 is 0. The molecule has 0 aromatic carbocycles. The smallest absolute Gasteiger partial charge is 0.0621 e. The number of hydrogen-bond donors (Lipinski definition) is 2. The summed E-state index contributed by atoms with van der Waals surface area (Å²) in [7, 11) is 0. The van der Waals surface area contributed by atoms with Crippen molar-refractivity contribution >= 4 is 0 Å². The first-order chi connectivity index (χ1) is 6.79. The van der Waals surface area contributed by atoms with E-state index in [2.05, 4.69) is 11.9 Å². The average Bonchev–Trinajstić information content (AvgIpc) is 2.21. The number of aliphatic hydroxyl groups excluding tert-OH is 1. The van der Waals surface area contributed by atoms with Gasteiger partial charge in [0.2, 0.25) is 0 Å². The van der Waals surface area contributed by atoms with Gasteiger partial charge >= 0.3 is 0 Å². The number of rotatable bonds is 5. The summed E-state index contributed by atoms with van der Waals surface area (Å²) in [4.78, 5) is 4.03. The lowest BCUT2D eigenvalue weighted by molar-refractivity contribution is 0.135. The highest BCUT2D eigenvalue weighted by molar-refractivity contribution is 5.16. The molecule has 0 saturated carbocycles. The summed E-state index contributed by atoms with van der Waals surface area (Å²) in [6.07, 6.45) is 4.91. The summed E-state index contributed by atoms with van der Waals surface area (Å²) in [6.45, 7) is 2.52. The molecule has 0 aliphatic rings. The zero-order chi connectivity index (χ0) is 10.4. The van der Waals surface area contributed by atoms with E-state index in [9.17, 15) is 5.11 Å². The van der Waals surface area contributed by atoms with Crippen LogP contribution in [0.2, 0.25) is 0 Å².